The van der Waals surface area contributed by atoms with Crippen molar-refractivity contribution in [1.82, 2.24) is 4.90 Å². The third kappa shape index (κ3) is 4.84. The predicted octanol–water partition coefficient (Wildman–Crippen LogP) is 6.32. The molecule has 5 nitrogen and oxygen atoms in total. The summed E-state index contributed by atoms with van der Waals surface area (Å²) in [4.78, 5) is 3.41. The number of ether oxygens (including phenoxy) is 2. The lowest BCUT2D eigenvalue weighted by molar-refractivity contribution is 0.143. The van der Waals surface area contributed by atoms with Gasteiger partial charge in [0.25, 0.3) is 0 Å². The molecule has 2 heterocycles. The van der Waals surface area contributed by atoms with Gasteiger partial charge in [-0.3, -0.25) is 4.90 Å². The molecule has 0 bridgehead atoms. The van der Waals surface area contributed by atoms with Crippen LogP contribution in [0.4, 0.5) is 0 Å². The summed E-state index contributed by atoms with van der Waals surface area (Å²) in [6, 6.07) is 20.6. The van der Waals surface area contributed by atoms with Gasteiger partial charge in [-0.15, -0.1) is 11.8 Å². The number of hydrogen-bond acceptors (Lipinski definition) is 6. The Morgan fingerprint density at radius 1 is 0.971 bits per heavy atom. The van der Waals surface area contributed by atoms with E-state index in [1.54, 1.807) is 36.0 Å². The number of phenolic OH excluding ortho intramolecular Hbond substituents is 2. The zero-order chi connectivity index (χ0) is 23.7. The van der Waals surface area contributed by atoms with E-state index < -0.39 is 0 Å². The molecule has 178 valence electrons. The molecule has 5 rings (SSSR count). The van der Waals surface area contributed by atoms with Crippen LogP contribution in [0, 0.1) is 0 Å². The number of fused-ring (bicyclic) bond motifs is 1. The van der Waals surface area contributed by atoms with Crippen LogP contribution >= 0.6 is 11.8 Å². The van der Waals surface area contributed by atoms with Crippen molar-refractivity contribution in [2.75, 3.05) is 19.7 Å². The molecule has 34 heavy (non-hydrogen) atoms. The highest BCUT2D eigenvalue weighted by Crippen LogP contribution is 2.54. The molecule has 0 radical (unpaired) electrons. The van der Waals surface area contributed by atoms with Gasteiger partial charge in [0, 0.05) is 12.1 Å². The fourth-order valence-corrected chi connectivity index (χ4v) is 6.16. The quantitative estimate of drug-likeness (QED) is 0.433. The van der Waals surface area contributed by atoms with Crippen LogP contribution < -0.4 is 9.47 Å². The first-order valence-corrected chi connectivity index (χ1v) is 12.7. The highest BCUT2D eigenvalue weighted by atomic mass is 32.2. The largest absolute Gasteiger partial charge is 0.508 e. The lowest BCUT2D eigenvalue weighted by atomic mass is 10.00. The molecular formula is C28H31NO4S. The lowest BCUT2D eigenvalue weighted by Crippen LogP contribution is -2.40. The molecule has 1 fully saturated rings. The second-order valence-corrected chi connectivity index (χ2v) is 10.8. The molecule has 0 aliphatic carbocycles. The van der Waals surface area contributed by atoms with E-state index >= 15 is 0 Å². The van der Waals surface area contributed by atoms with Crippen LogP contribution in [0.2, 0.25) is 0 Å². The Kier molecular flexibility index (Phi) is 6.36. The Hall–Kier alpha value is -2.83. The summed E-state index contributed by atoms with van der Waals surface area (Å²) in [5, 5.41) is 19.7. The van der Waals surface area contributed by atoms with E-state index in [1.165, 1.54) is 12.8 Å². The van der Waals surface area contributed by atoms with Crippen molar-refractivity contribution >= 4 is 11.8 Å². The molecular weight excluding hydrogens is 446 g/mol. The van der Waals surface area contributed by atoms with Crippen LogP contribution in [-0.4, -0.2) is 40.3 Å². The summed E-state index contributed by atoms with van der Waals surface area (Å²) in [5.41, 5.74) is 2.37. The number of rotatable bonds is 6. The average Bonchev–Trinajstić information content (AvgIpc) is 3.17. The zero-order valence-corrected chi connectivity index (χ0v) is 20.4. The Balaban J connectivity index is 1.33. The molecule has 2 aliphatic rings. The van der Waals surface area contributed by atoms with Crippen LogP contribution in [-0.2, 0) is 0 Å². The van der Waals surface area contributed by atoms with E-state index in [1.807, 2.05) is 30.3 Å². The van der Waals surface area contributed by atoms with Gasteiger partial charge in [0.2, 0.25) is 0 Å². The Bertz CT molecular complexity index is 1130. The van der Waals surface area contributed by atoms with E-state index in [2.05, 4.69) is 30.9 Å². The van der Waals surface area contributed by atoms with Crippen molar-refractivity contribution in [1.29, 1.82) is 0 Å². The zero-order valence-electron chi connectivity index (χ0n) is 19.6. The Morgan fingerprint density at radius 3 is 2.38 bits per heavy atom. The Labute approximate surface area is 205 Å². The first kappa shape index (κ1) is 22.9. The van der Waals surface area contributed by atoms with Gasteiger partial charge in [-0.2, -0.15) is 0 Å². The minimum atomic E-state index is -0.217. The van der Waals surface area contributed by atoms with E-state index in [0.29, 0.717) is 6.61 Å². The Morgan fingerprint density at radius 2 is 1.68 bits per heavy atom. The smallest absolute Gasteiger partial charge is 0.140 e. The first-order valence-electron chi connectivity index (χ1n) is 11.8. The summed E-state index contributed by atoms with van der Waals surface area (Å²) in [6.07, 6.45) is 2.28. The maximum Gasteiger partial charge on any atom is 0.140 e. The number of likely N-dealkylation sites (tertiary alicyclic amines) is 1. The molecule has 0 saturated carbocycles. The van der Waals surface area contributed by atoms with Crippen molar-refractivity contribution in [2.45, 2.75) is 48.5 Å². The maximum absolute atomic E-state index is 9.94. The van der Waals surface area contributed by atoms with Gasteiger partial charge in [0.15, 0.2) is 0 Å². The monoisotopic (exact) mass is 477 g/mol. The molecule has 3 aromatic rings. The molecule has 1 saturated heterocycles. The minimum absolute atomic E-state index is 0.0286. The van der Waals surface area contributed by atoms with Crippen molar-refractivity contribution in [3.8, 4) is 23.0 Å². The number of hydrogen-bond donors (Lipinski definition) is 2. The highest BCUT2D eigenvalue weighted by Gasteiger charge is 2.34. The standard InChI is InChI=1S/C28H31NO4S/c1-28(2)14-3-15-29(28)16-17-32-23-11-6-19(7-12-23)26-27(20-4-8-21(30)9-5-20)34-25-18-22(31)10-13-24(25)33-26/h4-13,18,26-27,30-31H,3,14-17H2,1-2H3/t26-,27+/m0/s1. The summed E-state index contributed by atoms with van der Waals surface area (Å²) < 4.78 is 12.5. The van der Waals surface area contributed by atoms with Crippen LogP contribution in [0.1, 0.15) is 49.2 Å². The molecule has 0 spiro atoms. The van der Waals surface area contributed by atoms with Crippen molar-refractivity contribution in [3.05, 3.63) is 77.9 Å². The normalized spacial score (nSPS) is 21.6. The molecule has 2 aliphatic heterocycles. The van der Waals surface area contributed by atoms with Gasteiger partial charge in [-0.25, -0.2) is 0 Å². The van der Waals surface area contributed by atoms with Crippen LogP contribution in [0.5, 0.6) is 23.0 Å². The number of benzene rings is 3. The maximum atomic E-state index is 9.94. The van der Waals surface area contributed by atoms with Crippen molar-refractivity contribution in [3.63, 3.8) is 0 Å². The molecule has 2 N–H and O–H groups in total. The third-order valence-electron chi connectivity index (χ3n) is 6.84. The number of phenols is 2. The van der Waals surface area contributed by atoms with Crippen LogP contribution in [0.15, 0.2) is 71.6 Å². The van der Waals surface area contributed by atoms with Gasteiger partial charge in [0.1, 0.15) is 35.7 Å². The van der Waals surface area contributed by atoms with E-state index in [4.69, 9.17) is 9.47 Å². The second kappa shape index (κ2) is 9.43. The van der Waals surface area contributed by atoms with Gasteiger partial charge in [0.05, 0.1) is 10.1 Å². The second-order valence-electron chi connectivity index (χ2n) is 9.62. The predicted molar refractivity (Wildman–Crippen MR) is 135 cm³/mol. The third-order valence-corrected chi connectivity index (χ3v) is 8.19. The highest BCUT2D eigenvalue weighted by molar-refractivity contribution is 7.99. The average molecular weight is 478 g/mol. The molecule has 3 aromatic carbocycles. The molecule has 6 heteroatoms. The summed E-state index contributed by atoms with van der Waals surface area (Å²) >= 11 is 1.66. The fourth-order valence-electron chi connectivity index (χ4n) is 4.84. The SMILES string of the molecule is CC1(C)CCCN1CCOc1ccc([C@@H]2Oc3ccc(O)cc3S[C@@H]2c2ccc(O)cc2)cc1. The first-order chi connectivity index (χ1) is 16.4. The van der Waals surface area contributed by atoms with Crippen molar-refractivity contribution < 1.29 is 19.7 Å². The van der Waals surface area contributed by atoms with Crippen LogP contribution in [0.25, 0.3) is 0 Å². The molecule has 0 unspecified atom stereocenters. The lowest BCUT2D eigenvalue weighted by Gasteiger charge is -2.34. The summed E-state index contributed by atoms with van der Waals surface area (Å²) in [7, 11) is 0. The minimum Gasteiger partial charge on any atom is -0.508 e. The van der Waals surface area contributed by atoms with E-state index in [-0.39, 0.29) is 28.4 Å². The number of aromatic hydroxyl groups is 2. The topological polar surface area (TPSA) is 62.2 Å². The van der Waals surface area contributed by atoms with Gasteiger partial charge in [-0.05, 0) is 86.8 Å². The molecule has 2 atom stereocenters. The van der Waals surface area contributed by atoms with Gasteiger partial charge >= 0.3 is 0 Å². The summed E-state index contributed by atoms with van der Waals surface area (Å²) in [5.74, 6) is 2.07. The fraction of sp³-hybridized carbons (Fsp3) is 0.357. The van der Waals surface area contributed by atoms with Gasteiger partial charge in [-0.1, -0.05) is 24.3 Å². The van der Waals surface area contributed by atoms with Gasteiger partial charge < -0.3 is 19.7 Å². The molecule has 0 amide bonds. The van der Waals surface area contributed by atoms with Crippen LogP contribution in [0.3, 0.4) is 0 Å². The van der Waals surface area contributed by atoms with E-state index in [0.717, 1.165) is 40.6 Å². The summed E-state index contributed by atoms with van der Waals surface area (Å²) in [6.45, 7) is 7.36. The van der Waals surface area contributed by atoms with E-state index in [9.17, 15) is 10.2 Å². The van der Waals surface area contributed by atoms with Crippen molar-refractivity contribution in [2.24, 2.45) is 0 Å². The molecule has 0 aromatic heterocycles. The number of nitrogens with zero attached hydrogens (tertiary/aromatic N) is 1. The number of thioether (sulfide) groups is 1.